The molecule has 0 unspecified atom stereocenters. The molecule has 0 bridgehead atoms. The van der Waals surface area contributed by atoms with Crippen molar-refractivity contribution in [3.63, 3.8) is 0 Å². The van der Waals surface area contributed by atoms with Crippen LogP contribution in [0.5, 0.6) is 0 Å². The first-order valence-corrected chi connectivity index (χ1v) is 17.1. The molecule has 0 aliphatic rings. The van der Waals surface area contributed by atoms with Gasteiger partial charge >= 0.3 is 11.9 Å². The average molecular weight is 675 g/mol. The van der Waals surface area contributed by atoms with Gasteiger partial charge in [-0.1, -0.05) is 36.4 Å². The maximum atomic E-state index is 13.0. The maximum absolute atomic E-state index is 13.0. The molecule has 0 aliphatic heterocycles. The Bertz CT molecular complexity index is 2400. The van der Waals surface area contributed by atoms with Crippen LogP contribution in [0.4, 0.5) is 0 Å². The Balaban J connectivity index is 1.28. The third kappa shape index (κ3) is 5.64. The fourth-order valence-electron chi connectivity index (χ4n) is 7.03. The summed E-state index contributed by atoms with van der Waals surface area (Å²) in [5.74, 6) is -0.922. The maximum Gasteiger partial charge on any atom is 0.356 e. The SMILES string of the molecule is CCOC(=O)c1cc2c3ccccc3n(CCCn3c4ccccc4c4cc(C(=O)OCC)nc(-c5cccnc5)c43)c2c(-c2cccnc2)n1. The van der Waals surface area contributed by atoms with Crippen LogP contribution in [0.25, 0.3) is 66.1 Å². The van der Waals surface area contributed by atoms with E-state index in [1.807, 2.05) is 60.7 Å². The van der Waals surface area contributed by atoms with Crippen LogP contribution in [0.2, 0.25) is 0 Å². The molecule has 0 amide bonds. The largest absolute Gasteiger partial charge is 0.461 e. The van der Waals surface area contributed by atoms with E-state index in [2.05, 4.69) is 43.4 Å². The normalized spacial score (nSPS) is 11.5. The zero-order valence-corrected chi connectivity index (χ0v) is 28.2. The molecular weight excluding hydrogens is 640 g/mol. The minimum atomic E-state index is -0.461. The van der Waals surface area contributed by atoms with E-state index in [-0.39, 0.29) is 24.6 Å². The summed E-state index contributed by atoms with van der Waals surface area (Å²) in [6.45, 7) is 5.40. The lowest BCUT2D eigenvalue weighted by Gasteiger charge is -2.14. The summed E-state index contributed by atoms with van der Waals surface area (Å²) in [6, 6.07) is 27.8. The van der Waals surface area contributed by atoms with Crippen molar-refractivity contribution in [2.24, 2.45) is 0 Å². The summed E-state index contributed by atoms with van der Waals surface area (Å²) in [4.78, 5) is 44.5. The van der Waals surface area contributed by atoms with Gasteiger partial charge in [0.05, 0.1) is 35.6 Å². The van der Waals surface area contributed by atoms with Gasteiger partial charge in [-0.2, -0.15) is 0 Å². The third-order valence-electron chi connectivity index (χ3n) is 9.10. The fraction of sp³-hybridized carbons (Fsp3) is 0.171. The lowest BCUT2D eigenvalue weighted by molar-refractivity contribution is 0.0510. The number of rotatable bonds is 10. The van der Waals surface area contributed by atoms with Crippen LogP contribution in [0.15, 0.2) is 110 Å². The number of aromatic nitrogens is 6. The van der Waals surface area contributed by atoms with E-state index in [1.165, 1.54) is 0 Å². The lowest BCUT2D eigenvalue weighted by atomic mass is 10.1. The van der Waals surface area contributed by atoms with Crippen molar-refractivity contribution in [2.45, 2.75) is 33.4 Å². The second-order valence-electron chi connectivity index (χ2n) is 12.1. The second kappa shape index (κ2) is 13.5. The monoisotopic (exact) mass is 674 g/mol. The Morgan fingerprint density at radius 1 is 0.588 bits per heavy atom. The molecule has 10 heteroatoms. The van der Waals surface area contributed by atoms with Gasteiger partial charge in [0.2, 0.25) is 0 Å². The molecule has 10 nitrogen and oxygen atoms in total. The Kier molecular flexibility index (Phi) is 8.41. The predicted octanol–water partition coefficient (Wildman–Crippen LogP) is 8.26. The first-order valence-electron chi connectivity index (χ1n) is 17.1. The van der Waals surface area contributed by atoms with Gasteiger partial charge < -0.3 is 18.6 Å². The van der Waals surface area contributed by atoms with E-state index in [0.717, 1.165) is 61.2 Å². The Labute approximate surface area is 293 Å². The number of benzene rings is 2. The molecule has 0 atom stereocenters. The quantitative estimate of drug-likeness (QED) is 0.133. The zero-order valence-electron chi connectivity index (χ0n) is 28.2. The molecule has 0 saturated carbocycles. The van der Waals surface area contributed by atoms with Gasteiger partial charge in [0.1, 0.15) is 11.4 Å². The van der Waals surface area contributed by atoms with Crippen LogP contribution in [-0.2, 0) is 22.6 Å². The highest BCUT2D eigenvalue weighted by atomic mass is 16.5. The zero-order chi connectivity index (χ0) is 34.9. The number of fused-ring (bicyclic) bond motifs is 6. The number of carbonyl (C=O) groups is 2. The highest BCUT2D eigenvalue weighted by Gasteiger charge is 2.23. The van der Waals surface area contributed by atoms with Crippen molar-refractivity contribution >= 4 is 55.6 Å². The highest BCUT2D eigenvalue weighted by molar-refractivity contribution is 6.14. The predicted molar refractivity (Wildman–Crippen MR) is 197 cm³/mol. The fourth-order valence-corrected chi connectivity index (χ4v) is 7.03. The van der Waals surface area contributed by atoms with E-state index in [1.54, 1.807) is 38.6 Å². The number of ether oxygens (including phenoxy) is 2. The minimum Gasteiger partial charge on any atom is -0.461 e. The summed E-state index contributed by atoms with van der Waals surface area (Å²) in [6.07, 6.45) is 7.74. The van der Waals surface area contributed by atoms with Crippen LogP contribution in [-0.4, -0.2) is 54.2 Å². The molecule has 0 saturated heterocycles. The van der Waals surface area contributed by atoms with Gasteiger partial charge in [-0.3, -0.25) is 9.97 Å². The van der Waals surface area contributed by atoms with Crippen molar-refractivity contribution in [3.8, 4) is 22.5 Å². The number of aryl methyl sites for hydroxylation is 2. The molecule has 2 aromatic carbocycles. The Morgan fingerprint density at radius 2 is 1.04 bits per heavy atom. The second-order valence-corrected chi connectivity index (χ2v) is 12.1. The molecule has 0 radical (unpaired) electrons. The molecule has 252 valence electrons. The summed E-state index contributed by atoms with van der Waals surface area (Å²) in [5, 5.41) is 3.90. The smallest absolute Gasteiger partial charge is 0.356 e. The van der Waals surface area contributed by atoms with Crippen LogP contribution >= 0.6 is 0 Å². The molecule has 0 fully saturated rings. The molecule has 6 heterocycles. The standard InChI is InChI=1S/C41H34N6O4/c1-3-50-40(48)32-22-30-28-14-5-7-16-34(28)46(38(30)36(44-32)26-12-9-18-42-24-26)20-11-21-47-35-17-8-6-15-29(35)31-23-33(41(49)51-4-2)45-37(39(31)47)27-13-10-19-43-25-27/h5-10,12-19,22-25H,3-4,11,20-21H2,1-2H3. The molecule has 8 aromatic rings. The van der Waals surface area contributed by atoms with Crippen LogP contribution in [0, 0.1) is 0 Å². The van der Waals surface area contributed by atoms with Gasteiger partial charge in [-0.05, 0) is 68.8 Å². The van der Waals surface area contributed by atoms with Gasteiger partial charge in [0.25, 0.3) is 0 Å². The number of pyridine rings is 4. The number of hydrogen-bond donors (Lipinski definition) is 0. The molecule has 8 rings (SSSR count). The van der Waals surface area contributed by atoms with E-state index >= 15 is 0 Å². The number of hydrogen-bond acceptors (Lipinski definition) is 8. The first kappa shape index (κ1) is 31.8. The summed E-state index contributed by atoms with van der Waals surface area (Å²) < 4.78 is 15.3. The lowest BCUT2D eigenvalue weighted by Crippen LogP contribution is -2.10. The van der Waals surface area contributed by atoms with Crippen molar-refractivity contribution in [1.29, 1.82) is 0 Å². The number of carbonyl (C=O) groups excluding carboxylic acids is 2. The van der Waals surface area contributed by atoms with Crippen molar-refractivity contribution in [1.82, 2.24) is 29.1 Å². The van der Waals surface area contributed by atoms with E-state index in [0.29, 0.717) is 24.5 Å². The minimum absolute atomic E-state index is 0.257. The average Bonchev–Trinajstić information content (AvgIpc) is 3.67. The molecule has 0 N–H and O–H groups in total. The first-order chi connectivity index (χ1) is 25.1. The van der Waals surface area contributed by atoms with Gasteiger partial charge in [0, 0.05) is 81.6 Å². The number of esters is 2. The van der Waals surface area contributed by atoms with Gasteiger partial charge in [-0.25, -0.2) is 19.6 Å². The van der Waals surface area contributed by atoms with E-state index in [4.69, 9.17) is 19.4 Å². The molecule has 0 spiro atoms. The summed E-state index contributed by atoms with van der Waals surface area (Å²) in [7, 11) is 0. The molecular formula is C41H34N6O4. The topological polar surface area (TPSA) is 114 Å². The van der Waals surface area contributed by atoms with E-state index in [9.17, 15) is 9.59 Å². The molecule has 0 aliphatic carbocycles. The van der Waals surface area contributed by atoms with Crippen LogP contribution in [0.3, 0.4) is 0 Å². The van der Waals surface area contributed by atoms with Gasteiger partial charge in [-0.15, -0.1) is 0 Å². The van der Waals surface area contributed by atoms with Crippen molar-refractivity contribution in [3.05, 3.63) is 121 Å². The Hall–Kier alpha value is -6.42. The van der Waals surface area contributed by atoms with Crippen molar-refractivity contribution < 1.29 is 19.1 Å². The highest BCUT2D eigenvalue weighted by Crippen LogP contribution is 2.38. The number of nitrogens with zero attached hydrogens (tertiary/aromatic N) is 6. The van der Waals surface area contributed by atoms with Gasteiger partial charge in [0.15, 0.2) is 0 Å². The Morgan fingerprint density at radius 3 is 1.45 bits per heavy atom. The third-order valence-corrected chi connectivity index (χ3v) is 9.10. The van der Waals surface area contributed by atoms with Crippen LogP contribution < -0.4 is 0 Å². The van der Waals surface area contributed by atoms with Crippen LogP contribution in [0.1, 0.15) is 41.2 Å². The molecule has 6 aromatic heterocycles. The summed E-state index contributed by atoms with van der Waals surface area (Å²) >= 11 is 0. The molecule has 51 heavy (non-hydrogen) atoms. The van der Waals surface area contributed by atoms with E-state index < -0.39 is 11.9 Å². The van der Waals surface area contributed by atoms with Crippen molar-refractivity contribution in [2.75, 3.05) is 13.2 Å². The summed E-state index contributed by atoms with van der Waals surface area (Å²) in [5.41, 5.74) is 7.42. The number of para-hydroxylation sites is 2.